The Morgan fingerprint density at radius 3 is 2.64 bits per heavy atom. The third-order valence-electron chi connectivity index (χ3n) is 1.13. The molecule has 1 aliphatic heterocycles. The molecule has 6 heteroatoms. The summed E-state index contributed by atoms with van der Waals surface area (Å²) >= 11 is 0. The van der Waals surface area contributed by atoms with E-state index in [1.807, 2.05) is 0 Å². The first-order valence-corrected chi connectivity index (χ1v) is 2.85. The summed E-state index contributed by atoms with van der Waals surface area (Å²) in [6, 6.07) is 0. The first-order chi connectivity index (χ1) is 5.02. The Bertz CT molecular complexity index is 172. The summed E-state index contributed by atoms with van der Waals surface area (Å²) in [5, 5.41) is 0. The maximum Gasteiger partial charge on any atom is 0.511 e. The first-order valence-electron chi connectivity index (χ1n) is 2.85. The number of carbonyl (C=O) groups excluding carboxylic acids is 1. The molecule has 0 aromatic rings. The summed E-state index contributed by atoms with van der Waals surface area (Å²) in [5.74, 6) is -2.63. The minimum Gasteiger partial charge on any atom is -0.427 e. The second kappa shape index (κ2) is 2.60. The fraction of sp³-hybridized carbons (Fsp3) is 0.800. The molecule has 0 amide bonds. The Morgan fingerprint density at radius 1 is 1.64 bits per heavy atom. The van der Waals surface area contributed by atoms with E-state index in [9.17, 15) is 18.0 Å². The van der Waals surface area contributed by atoms with Crippen LogP contribution in [0.1, 0.15) is 6.42 Å². The van der Waals surface area contributed by atoms with Crippen molar-refractivity contribution in [3.8, 4) is 0 Å². The molecule has 1 atom stereocenters. The molecule has 1 aliphatic rings. The molecule has 1 rings (SSSR count). The van der Waals surface area contributed by atoms with Crippen molar-refractivity contribution < 1.29 is 27.4 Å². The lowest BCUT2D eigenvalue weighted by Crippen LogP contribution is -2.28. The summed E-state index contributed by atoms with van der Waals surface area (Å²) in [6.45, 7) is -0.754. The Balaban J connectivity index is 2.48. The second-order valence-corrected chi connectivity index (χ2v) is 2.12. The van der Waals surface area contributed by atoms with Crippen molar-refractivity contribution in [3.63, 3.8) is 0 Å². The fourth-order valence-corrected chi connectivity index (χ4v) is 0.706. The average Bonchev–Trinajstić information content (AvgIpc) is 2.08. The van der Waals surface area contributed by atoms with E-state index in [4.69, 9.17) is 0 Å². The topological polar surface area (TPSA) is 35.5 Å². The Labute approximate surface area is 60.1 Å². The van der Waals surface area contributed by atoms with Gasteiger partial charge in [-0.25, -0.2) is 13.6 Å². The Morgan fingerprint density at radius 2 is 2.27 bits per heavy atom. The molecule has 11 heavy (non-hydrogen) atoms. The van der Waals surface area contributed by atoms with Gasteiger partial charge in [0, 0.05) is 0 Å². The van der Waals surface area contributed by atoms with Gasteiger partial charge >= 0.3 is 6.16 Å². The van der Waals surface area contributed by atoms with E-state index >= 15 is 0 Å². The van der Waals surface area contributed by atoms with E-state index in [0.29, 0.717) is 0 Å². The van der Waals surface area contributed by atoms with Crippen molar-refractivity contribution in [2.75, 3.05) is 6.61 Å². The van der Waals surface area contributed by atoms with E-state index in [-0.39, 0.29) is 0 Å². The van der Waals surface area contributed by atoms with Crippen LogP contribution in [-0.2, 0) is 9.47 Å². The molecular weight excluding hydrogens is 165 g/mol. The zero-order chi connectivity index (χ0) is 8.48. The van der Waals surface area contributed by atoms with Crippen LogP contribution in [0, 0.1) is 0 Å². The molecule has 0 bridgehead atoms. The predicted octanol–water partition coefficient (Wildman–Crippen LogP) is 1.47. The average molecular weight is 170 g/mol. The Hall–Kier alpha value is -0.940. The van der Waals surface area contributed by atoms with Gasteiger partial charge in [0.15, 0.2) is 6.61 Å². The van der Waals surface area contributed by atoms with Gasteiger partial charge in [-0.1, -0.05) is 0 Å². The van der Waals surface area contributed by atoms with Gasteiger partial charge < -0.3 is 9.47 Å². The second-order valence-electron chi connectivity index (χ2n) is 2.12. The lowest BCUT2D eigenvalue weighted by Gasteiger charge is -2.13. The molecule has 1 saturated heterocycles. The van der Waals surface area contributed by atoms with Crippen LogP contribution in [-0.4, -0.2) is 25.0 Å². The molecular formula is C5H5F3O3. The summed E-state index contributed by atoms with van der Waals surface area (Å²) in [4.78, 5) is 10.1. The number of hydrogen-bond donors (Lipinski definition) is 0. The van der Waals surface area contributed by atoms with Crippen molar-refractivity contribution >= 4 is 6.16 Å². The maximum atomic E-state index is 12.8. The highest BCUT2D eigenvalue weighted by atomic mass is 19.3. The summed E-state index contributed by atoms with van der Waals surface area (Å²) in [5.41, 5.74) is 0. The maximum absolute atomic E-state index is 12.8. The lowest BCUT2D eigenvalue weighted by molar-refractivity contribution is -0.0973. The van der Waals surface area contributed by atoms with Crippen LogP contribution in [0.25, 0.3) is 0 Å². The molecule has 1 heterocycles. The molecule has 0 saturated carbocycles. The summed E-state index contributed by atoms with van der Waals surface area (Å²) < 4.78 is 43.8. The number of carbonyl (C=O) groups is 1. The third-order valence-corrected chi connectivity index (χ3v) is 1.13. The number of cyclic esters (lactones) is 2. The first kappa shape index (κ1) is 8.16. The number of rotatable bonds is 2. The van der Waals surface area contributed by atoms with E-state index in [1.54, 1.807) is 0 Å². The molecule has 0 aromatic heterocycles. The molecule has 3 nitrogen and oxygen atoms in total. The molecule has 0 aliphatic carbocycles. The standard InChI is InChI=1S/C5H5F3O3/c6-3(7)1-5(8)2-10-4(9)11-5/h3H,1-2H2. The quantitative estimate of drug-likeness (QED) is 0.588. The minimum absolute atomic E-state index is 0.754. The largest absolute Gasteiger partial charge is 0.511 e. The van der Waals surface area contributed by atoms with Gasteiger partial charge in [-0.05, 0) is 0 Å². The van der Waals surface area contributed by atoms with Gasteiger partial charge in [0.2, 0.25) is 6.43 Å². The monoisotopic (exact) mass is 170 g/mol. The number of alkyl halides is 3. The lowest BCUT2D eigenvalue weighted by atomic mass is 10.2. The van der Waals surface area contributed by atoms with Crippen molar-refractivity contribution in [2.45, 2.75) is 18.7 Å². The molecule has 1 fully saturated rings. The van der Waals surface area contributed by atoms with Gasteiger partial charge in [0.05, 0.1) is 6.42 Å². The summed E-state index contributed by atoms with van der Waals surface area (Å²) in [6.07, 6.45) is -5.23. The molecule has 0 aromatic carbocycles. The van der Waals surface area contributed by atoms with Crippen LogP contribution in [0.5, 0.6) is 0 Å². The minimum atomic E-state index is -2.85. The van der Waals surface area contributed by atoms with Crippen LogP contribution in [0.15, 0.2) is 0 Å². The number of ether oxygens (including phenoxy) is 2. The van der Waals surface area contributed by atoms with Gasteiger partial charge in [-0.3, -0.25) is 0 Å². The third kappa shape index (κ3) is 1.99. The van der Waals surface area contributed by atoms with Gasteiger partial charge in [-0.15, -0.1) is 0 Å². The zero-order valence-electron chi connectivity index (χ0n) is 5.35. The highest BCUT2D eigenvalue weighted by Gasteiger charge is 2.44. The normalized spacial score (nSPS) is 30.4. The van der Waals surface area contributed by atoms with Crippen LogP contribution < -0.4 is 0 Å². The van der Waals surface area contributed by atoms with Crippen LogP contribution >= 0.6 is 0 Å². The van der Waals surface area contributed by atoms with Crippen LogP contribution in [0.2, 0.25) is 0 Å². The molecule has 64 valence electrons. The van der Waals surface area contributed by atoms with E-state index in [1.165, 1.54) is 0 Å². The molecule has 0 N–H and O–H groups in total. The van der Waals surface area contributed by atoms with Crippen LogP contribution in [0.4, 0.5) is 18.0 Å². The van der Waals surface area contributed by atoms with Crippen molar-refractivity contribution in [1.29, 1.82) is 0 Å². The van der Waals surface area contributed by atoms with E-state index < -0.39 is 31.5 Å². The highest BCUT2D eigenvalue weighted by Crippen LogP contribution is 2.28. The zero-order valence-corrected chi connectivity index (χ0v) is 5.35. The molecule has 0 spiro atoms. The smallest absolute Gasteiger partial charge is 0.427 e. The van der Waals surface area contributed by atoms with Crippen molar-refractivity contribution in [2.24, 2.45) is 0 Å². The number of halogens is 3. The Kier molecular flexibility index (Phi) is 1.92. The van der Waals surface area contributed by atoms with E-state index in [2.05, 4.69) is 9.47 Å². The van der Waals surface area contributed by atoms with Crippen molar-refractivity contribution in [1.82, 2.24) is 0 Å². The fourth-order valence-electron chi connectivity index (χ4n) is 0.706. The molecule has 0 radical (unpaired) electrons. The predicted molar refractivity (Wildman–Crippen MR) is 26.9 cm³/mol. The van der Waals surface area contributed by atoms with Gasteiger partial charge in [0.1, 0.15) is 0 Å². The van der Waals surface area contributed by atoms with Crippen molar-refractivity contribution in [3.05, 3.63) is 0 Å². The SMILES string of the molecule is O=C1OCC(F)(CC(F)F)O1. The van der Waals surface area contributed by atoms with Gasteiger partial charge in [0.25, 0.3) is 5.85 Å². The van der Waals surface area contributed by atoms with E-state index in [0.717, 1.165) is 0 Å². The van der Waals surface area contributed by atoms with Crippen LogP contribution in [0.3, 0.4) is 0 Å². The van der Waals surface area contributed by atoms with Gasteiger partial charge in [-0.2, -0.15) is 4.39 Å². The molecule has 1 unspecified atom stereocenters. The highest BCUT2D eigenvalue weighted by molar-refractivity contribution is 5.62. The number of hydrogen-bond acceptors (Lipinski definition) is 3. The summed E-state index contributed by atoms with van der Waals surface area (Å²) in [7, 11) is 0.